The lowest BCUT2D eigenvalue weighted by molar-refractivity contribution is -0.119. The molecular formula is C25H26N4O2. The Bertz CT molecular complexity index is 1100. The molecule has 2 aliphatic rings. The molecule has 2 fully saturated rings. The molecule has 0 saturated carbocycles. The standard InChI is InChI=1S/C25H26N4O2/c26-24(30)11-23(17-6-2-1-3-7-17)28-13-20-15-29(16-21(20)14-28)25(31)19-10-18-8-4-5-9-22(18)27-12-19/h1-10,12,20-21,23H,11,13-16H2,(H2,26,30)/t20?,21?,23-/m0/s1. The molecule has 0 bridgehead atoms. The zero-order valence-electron chi connectivity index (χ0n) is 17.4. The van der Waals surface area contributed by atoms with E-state index in [1.165, 1.54) is 0 Å². The molecule has 158 valence electrons. The summed E-state index contributed by atoms with van der Waals surface area (Å²) >= 11 is 0. The number of para-hydroxylation sites is 1. The molecule has 3 aromatic rings. The molecule has 2 aromatic carbocycles. The van der Waals surface area contributed by atoms with Gasteiger partial charge in [0.25, 0.3) is 5.91 Å². The van der Waals surface area contributed by atoms with E-state index in [0.717, 1.165) is 42.6 Å². The number of fused-ring (bicyclic) bond motifs is 2. The highest BCUT2D eigenvalue weighted by Gasteiger charge is 2.43. The molecule has 2 unspecified atom stereocenters. The van der Waals surface area contributed by atoms with Crippen molar-refractivity contribution in [1.29, 1.82) is 0 Å². The monoisotopic (exact) mass is 414 g/mol. The third kappa shape index (κ3) is 3.91. The van der Waals surface area contributed by atoms with Gasteiger partial charge in [0, 0.05) is 50.2 Å². The Hall–Kier alpha value is -3.25. The van der Waals surface area contributed by atoms with E-state index in [0.29, 0.717) is 23.8 Å². The van der Waals surface area contributed by atoms with Crippen LogP contribution in [0.15, 0.2) is 66.9 Å². The van der Waals surface area contributed by atoms with Crippen LogP contribution in [-0.2, 0) is 4.79 Å². The average molecular weight is 415 g/mol. The number of carbonyl (C=O) groups is 2. The van der Waals surface area contributed by atoms with Crippen molar-refractivity contribution in [3.05, 3.63) is 78.0 Å². The number of nitrogens with two attached hydrogens (primary N) is 1. The van der Waals surface area contributed by atoms with Gasteiger partial charge in [-0.2, -0.15) is 0 Å². The lowest BCUT2D eigenvalue weighted by Gasteiger charge is -2.29. The van der Waals surface area contributed by atoms with Gasteiger partial charge >= 0.3 is 0 Å². The van der Waals surface area contributed by atoms with Gasteiger partial charge < -0.3 is 10.6 Å². The summed E-state index contributed by atoms with van der Waals surface area (Å²) in [5.41, 5.74) is 8.22. The highest BCUT2D eigenvalue weighted by Crippen LogP contribution is 2.37. The topological polar surface area (TPSA) is 79.5 Å². The van der Waals surface area contributed by atoms with Crippen molar-refractivity contribution in [2.24, 2.45) is 17.6 Å². The summed E-state index contributed by atoms with van der Waals surface area (Å²) in [5, 5.41) is 0.982. The first-order valence-electron chi connectivity index (χ1n) is 10.8. The molecule has 6 nitrogen and oxygen atoms in total. The maximum atomic E-state index is 13.1. The quantitative estimate of drug-likeness (QED) is 0.696. The van der Waals surface area contributed by atoms with Crippen molar-refractivity contribution in [2.45, 2.75) is 12.5 Å². The van der Waals surface area contributed by atoms with Crippen molar-refractivity contribution in [1.82, 2.24) is 14.8 Å². The van der Waals surface area contributed by atoms with Gasteiger partial charge in [-0.25, -0.2) is 0 Å². The van der Waals surface area contributed by atoms with Crippen LogP contribution in [0.3, 0.4) is 0 Å². The van der Waals surface area contributed by atoms with E-state index >= 15 is 0 Å². The van der Waals surface area contributed by atoms with E-state index in [4.69, 9.17) is 5.73 Å². The first-order chi connectivity index (χ1) is 15.1. The van der Waals surface area contributed by atoms with Gasteiger partial charge in [0.15, 0.2) is 0 Å². The Kier molecular flexibility index (Phi) is 5.16. The molecule has 2 aliphatic heterocycles. The second kappa shape index (κ2) is 8.12. The van der Waals surface area contributed by atoms with Gasteiger partial charge in [-0.3, -0.25) is 19.5 Å². The van der Waals surface area contributed by atoms with Crippen LogP contribution < -0.4 is 5.73 Å². The number of nitrogens with zero attached hydrogens (tertiary/aromatic N) is 3. The maximum absolute atomic E-state index is 13.1. The van der Waals surface area contributed by atoms with Crippen LogP contribution in [0, 0.1) is 11.8 Å². The third-order valence-electron chi connectivity index (χ3n) is 6.66. The van der Waals surface area contributed by atoms with Crippen molar-refractivity contribution in [3.63, 3.8) is 0 Å². The third-order valence-corrected chi connectivity index (χ3v) is 6.66. The molecule has 2 amide bonds. The number of amides is 2. The van der Waals surface area contributed by atoms with Crippen LogP contribution in [0.1, 0.15) is 28.4 Å². The normalized spacial score (nSPS) is 21.9. The highest BCUT2D eigenvalue weighted by atomic mass is 16.2. The summed E-state index contributed by atoms with van der Waals surface area (Å²) in [5.74, 6) is 0.593. The van der Waals surface area contributed by atoms with Crippen molar-refractivity contribution < 1.29 is 9.59 Å². The number of carbonyl (C=O) groups excluding carboxylic acids is 2. The fourth-order valence-corrected chi connectivity index (χ4v) is 5.14. The summed E-state index contributed by atoms with van der Waals surface area (Å²) in [7, 11) is 0. The van der Waals surface area contributed by atoms with E-state index in [9.17, 15) is 9.59 Å². The van der Waals surface area contributed by atoms with Crippen LogP contribution in [0.25, 0.3) is 10.9 Å². The van der Waals surface area contributed by atoms with Crippen LogP contribution >= 0.6 is 0 Å². The van der Waals surface area contributed by atoms with E-state index in [2.05, 4.69) is 22.0 Å². The zero-order chi connectivity index (χ0) is 21.4. The number of pyridine rings is 1. The predicted molar refractivity (Wildman–Crippen MR) is 119 cm³/mol. The summed E-state index contributed by atoms with van der Waals surface area (Å²) in [6.45, 7) is 3.23. The maximum Gasteiger partial charge on any atom is 0.255 e. The molecule has 5 rings (SSSR count). The van der Waals surface area contributed by atoms with Gasteiger partial charge in [-0.05, 0) is 29.5 Å². The molecule has 3 atom stereocenters. The van der Waals surface area contributed by atoms with Gasteiger partial charge in [0.05, 0.1) is 11.1 Å². The van der Waals surface area contributed by atoms with Crippen molar-refractivity contribution in [2.75, 3.05) is 26.2 Å². The number of aromatic nitrogens is 1. The first kappa shape index (κ1) is 19.7. The second-order valence-electron chi connectivity index (χ2n) is 8.70. The lowest BCUT2D eigenvalue weighted by Crippen LogP contribution is -2.36. The summed E-state index contributed by atoms with van der Waals surface area (Å²) < 4.78 is 0. The average Bonchev–Trinajstić information content (AvgIpc) is 3.36. The minimum Gasteiger partial charge on any atom is -0.370 e. The summed E-state index contributed by atoms with van der Waals surface area (Å²) in [4.78, 5) is 33.6. The Balaban J connectivity index is 1.28. The SMILES string of the molecule is NC(=O)C[C@@H](c1ccccc1)N1CC2CN(C(=O)c3cnc4ccccc4c3)CC2C1. The fourth-order valence-electron chi connectivity index (χ4n) is 5.14. The number of primary amides is 1. The smallest absolute Gasteiger partial charge is 0.255 e. The van der Waals surface area contributed by atoms with Gasteiger partial charge in [-0.15, -0.1) is 0 Å². The number of rotatable bonds is 5. The summed E-state index contributed by atoms with van der Waals surface area (Å²) in [6, 6.07) is 19.9. The Morgan fingerprint density at radius 3 is 2.35 bits per heavy atom. The lowest BCUT2D eigenvalue weighted by atomic mass is 10.0. The second-order valence-corrected chi connectivity index (χ2v) is 8.70. The molecule has 0 spiro atoms. The number of hydrogen-bond donors (Lipinski definition) is 1. The number of likely N-dealkylation sites (tertiary alicyclic amines) is 2. The van der Waals surface area contributed by atoms with E-state index < -0.39 is 0 Å². The molecule has 2 saturated heterocycles. The van der Waals surface area contributed by atoms with Crippen molar-refractivity contribution in [3.8, 4) is 0 Å². The summed E-state index contributed by atoms with van der Waals surface area (Å²) in [6.07, 6.45) is 2.00. The predicted octanol–water partition coefficient (Wildman–Crippen LogP) is 2.86. The van der Waals surface area contributed by atoms with Gasteiger partial charge in [0.2, 0.25) is 5.91 Å². The molecule has 3 heterocycles. The molecule has 1 aromatic heterocycles. The largest absolute Gasteiger partial charge is 0.370 e. The molecule has 2 N–H and O–H groups in total. The van der Waals surface area contributed by atoms with Gasteiger partial charge in [0.1, 0.15) is 0 Å². The Morgan fingerprint density at radius 1 is 0.968 bits per heavy atom. The highest BCUT2D eigenvalue weighted by molar-refractivity contribution is 5.97. The fraction of sp³-hybridized carbons (Fsp3) is 0.320. The van der Waals surface area contributed by atoms with Crippen LogP contribution in [0.5, 0.6) is 0 Å². The van der Waals surface area contributed by atoms with Crippen LogP contribution in [0.4, 0.5) is 0 Å². The first-order valence-corrected chi connectivity index (χ1v) is 10.8. The molecule has 6 heteroatoms. The van der Waals surface area contributed by atoms with Crippen LogP contribution in [-0.4, -0.2) is 52.8 Å². The van der Waals surface area contributed by atoms with E-state index in [-0.39, 0.29) is 17.9 Å². The van der Waals surface area contributed by atoms with E-state index in [1.807, 2.05) is 53.4 Å². The zero-order valence-corrected chi connectivity index (χ0v) is 17.4. The molecule has 0 aliphatic carbocycles. The molecule has 0 radical (unpaired) electrons. The Labute approximate surface area is 181 Å². The molecular weight excluding hydrogens is 388 g/mol. The minimum atomic E-state index is -0.286. The number of hydrogen-bond acceptors (Lipinski definition) is 4. The van der Waals surface area contributed by atoms with Crippen molar-refractivity contribution >= 4 is 22.7 Å². The van der Waals surface area contributed by atoms with E-state index in [1.54, 1.807) is 6.20 Å². The molecule has 31 heavy (non-hydrogen) atoms. The Morgan fingerprint density at radius 2 is 1.65 bits per heavy atom. The number of benzene rings is 2. The van der Waals surface area contributed by atoms with Crippen LogP contribution in [0.2, 0.25) is 0 Å². The minimum absolute atomic E-state index is 0.00172. The van der Waals surface area contributed by atoms with Gasteiger partial charge in [-0.1, -0.05) is 48.5 Å².